The third-order valence-electron chi connectivity index (χ3n) is 4.02. The molecule has 0 spiro atoms. The Kier molecular flexibility index (Phi) is 5.37. The van der Waals surface area contributed by atoms with E-state index in [1.54, 1.807) is 11.8 Å². The van der Waals surface area contributed by atoms with E-state index in [1.807, 2.05) is 24.0 Å². The van der Waals surface area contributed by atoms with E-state index in [4.69, 9.17) is 0 Å². The highest BCUT2D eigenvalue weighted by atomic mass is 16.2. The van der Waals surface area contributed by atoms with E-state index < -0.39 is 0 Å². The zero-order valence-corrected chi connectivity index (χ0v) is 13.0. The highest BCUT2D eigenvalue weighted by Crippen LogP contribution is 2.19. The van der Waals surface area contributed by atoms with Gasteiger partial charge in [-0.05, 0) is 24.0 Å². The lowest BCUT2D eigenvalue weighted by atomic mass is 10.00. The number of hydrogen-bond acceptors (Lipinski definition) is 2. The molecule has 0 radical (unpaired) electrons. The summed E-state index contributed by atoms with van der Waals surface area (Å²) < 4.78 is 0. The van der Waals surface area contributed by atoms with Crippen molar-refractivity contribution in [2.24, 2.45) is 0 Å². The molecule has 0 N–H and O–H groups in total. The van der Waals surface area contributed by atoms with E-state index in [-0.39, 0.29) is 11.8 Å². The Morgan fingerprint density at radius 2 is 1.90 bits per heavy atom. The lowest BCUT2D eigenvalue weighted by Gasteiger charge is -2.30. The molecule has 0 unspecified atom stereocenters. The van der Waals surface area contributed by atoms with Gasteiger partial charge in [-0.1, -0.05) is 31.2 Å². The molecule has 1 aliphatic heterocycles. The Labute approximate surface area is 126 Å². The fourth-order valence-electron chi connectivity index (χ4n) is 2.79. The van der Waals surface area contributed by atoms with Crippen LogP contribution in [0.15, 0.2) is 24.3 Å². The molecule has 0 fully saturated rings. The van der Waals surface area contributed by atoms with Gasteiger partial charge in [0.25, 0.3) is 0 Å². The second-order valence-corrected chi connectivity index (χ2v) is 5.59. The molecule has 1 aromatic rings. The monoisotopic (exact) mass is 288 g/mol. The number of fused-ring (bicyclic) bond motifs is 1. The van der Waals surface area contributed by atoms with Crippen molar-refractivity contribution in [1.82, 2.24) is 9.80 Å². The van der Waals surface area contributed by atoms with Crippen molar-refractivity contribution in [3.05, 3.63) is 35.4 Å². The van der Waals surface area contributed by atoms with Gasteiger partial charge in [-0.15, -0.1) is 0 Å². The predicted octanol–water partition coefficient (Wildman–Crippen LogP) is 2.22. The zero-order chi connectivity index (χ0) is 15.2. The average Bonchev–Trinajstić information content (AvgIpc) is 2.50. The number of amides is 2. The molecule has 2 amide bonds. The van der Waals surface area contributed by atoms with Crippen LogP contribution in [0.3, 0.4) is 0 Å². The van der Waals surface area contributed by atoms with Gasteiger partial charge in [0.05, 0.1) is 0 Å². The molecular formula is C17H24N2O2. The number of hydrogen-bond donors (Lipinski definition) is 0. The maximum atomic E-state index is 12.3. The molecule has 0 aliphatic carbocycles. The lowest BCUT2D eigenvalue weighted by molar-refractivity contribution is -0.134. The van der Waals surface area contributed by atoms with E-state index >= 15 is 0 Å². The van der Waals surface area contributed by atoms with Crippen LogP contribution in [-0.4, -0.2) is 41.2 Å². The van der Waals surface area contributed by atoms with Crippen molar-refractivity contribution in [2.45, 2.75) is 39.7 Å². The molecule has 0 atom stereocenters. The van der Waals surface area contributed by atoms with Crippen LogP contribution in [0.1, 0.15) is 37.8 Å². The van der Waals surface area contributed by atoms with Crippen LogP contribution in [-0.2, 0) is 22.6 Å². The zero-order valence-electron chi connectivity index (χ0n) is 13.0. The Hall–Kier alpha value is -1.84. The fourth-order valence-corrected chi connectivity index (χ4v) is 2.79. The Morgan fingerprint density at radius 1 is 1.19 bits per heavy atom. The topological polar surface area (TPSA) is 40.6 Å². The summed E-state index contributed by atoms with van der Waals surface area (Å²) in [6.07, 6.45) is 2.26. The van der Waals surface area contributed by atoms with Crippen molar-refractivity contribution in [3.8, 4) is 0 Å². The molecule has 0 aromatic heterocycles. The van der Waals surface area contributed by atoms with Crippen molar-refractivity contribution in [1.29, 1.82) is 0 Å². The minimum atomic E-state index is 0.0497. The van der Waals surface area contributed by atoms with Crippen molar-refractivity contribution in [3.63, 3.8) is 0 Å². The summed E-state index contributed by atoms with van der Waals surface area (Å²) in [5.74, 6) is 0.195. The Bertz CT molecular complexity index is 513. The number of rotatable bonds is 5. The summed E-state index contributed by atoms with van der Waals surface area (Å²) in [5, 5.41) is 0. The molecule has 1 aliphatic rings. The molecule has 4 heteroatoms. The van der Waals surface area contributed by atoms with Crippen LogP contribution >= 0.6 is 0 Å². The van der Waals surface area contributed by atoms with Gasteiger partial charge in [0, 0.05) is 39.5 Å². The van der Waals surface area contributed by atoms with Gasteiger partial charge < -0.3 is 9.80 Å². The van der Waals surface area contributed by atoms with Crippen LogP contribution < -0.4 is 0 Å². The second-order valence-electron chi connectivity index (χ2n) is 5.59. The molecule has 114 valence electrons. The first kappa shape index (κ1) is 15.5. The Balaban J connectivity index is 1.89. The number of carbonyl (C=O) groups is 2. The highest BCUT2D eigenvalue weighted by molar-refractivity contribution is 5.78. The van der Waals surface area contributed by atoms with Crippen LogP contribution in [0.5, 0.6) is 0 Å². The third kappa shape index (κ3) is 4.06. The average molecular weight is 288 g/mol. The van der Waals surface area contributed by atoms with Gasteiger partial charge in [0.1, 0.15) is 0 Å². The lowest BCUT2D eigenvalue weighted by Crippen LogP contribution is -2.39. The minimum absolute atomic E-state index is 0.0497. The first-order valence-corrected chi connectivity index (χ1v) is 7.72. The van der Waals surface area contributed by atoms with Crippen LogP contribution in [0.4, 0.5) is 0 Å². The summed E-state index contributed by atoms with van der Waals surface area (Å²) in [7, 11) is 0. The van der Waals surface area contributed by atoms with E-state index in [0.29, 0.717) is 19.5 Å². The Morgan fingerprint density at radius 3 is 2.57 bits per heavy atom. The molecule has 21 heavy (non-hydrogen) atoms. The van der Waals surface area contributed by atoms with Crippen LogP contribution in [0.25, 0.3) is 0 Å². The predicted molar refractivity (Wildman–Crippen MR) is 82.7 cm³/mol. The first-order chi connectivity index (χ1) is 10.1. The maximum absolute atomic E-state index is 12.3. The van der Waals surface area contributed by atoms with Gasteiger partial charge in [0.2, 0.25) is 11.8 Å². The normalized spacial score (nSPS) is 13.7. The molecule has 0 saturated heterocycles. The summed E-state index contributed by atoms with van der Waals surface area (Å²) in [4.78, 5) is 27.5. The van der Waals surface area contributed by atoms with E-state index in [1.165, 1.54) is 11.1 Å². The fraction of sp³-hybridized carbons (Fsp3) is 0.529. The van der Waals surface area contributed by atoms with E-state index in [0.717, 1.165) is 25.9 Å². The quantitative estimate of drug-likeness (QED) is 0.833. The molecule has 1 aromatic carbocycles. The van der Waals surface area contributed by atoms with E-state index in [2.05, 4.69) is 12.1 Å². The van der Waals surface area contributed by atoms with E-state index in [9.17, 15) is 9.59 Å². The molecular weight excluding hydrogens is 264 g/mol. The molecule has 2 rings (SSSR count). The van der Waals surface area contributed by atoms with Crippen LogP contribution in [0.2, 0.25) is 0 Å². The van der Waals surface area contributed by atoms with Gasteiger partial charge in [-0.3, -0.25) is 9.59 Å². The second kappa shape index (κ2) is 7.25. The number of carbonyl (C=O) groups excluding carboxylic acids is 2. The molecule has 0 saturated carbocycles. The number of nitrogens with zero attached hydrogens (tertiary/aromatic N) is 2. The summed E-state index contributed by atoms with van der Waals surface area (Å²) >= 11 is 0. The maximum Gasteiger partial charge on any atom is 0.224 e. The van der Waals surface area contributed by atoms with Gasteiger partial charge >= 0.3 is 0 Å². The van der Waals surface area contributed by atoms with Gasteiger partial charge in [-0.25, -0.2) is 0 Å². The summed E-state index contributed by atoms with van der Waals surface area (Å²) in [6.45, 7) is 6.34. The highest BCUT2D eigenvalue weighted by Gasteiger charge is 2.21. The molecule has 1 heterocycles. The minimum Gasteiger partial charge on any atom is -0.342 e. The molecule has 0 bridgehead atoms. The first-order valence-electron chi connectivity index (χ1n) is 7.72. The van der Waals surface area contributed by atoms with Crippen molar-refractivity contribution >= 4 is 11.8 Å². The molecule has 4 nitrogen and oxygen atoms in total. The van der Waals surface area contributed by atoms with Crippen molar-refractivity contribution < 1.29 is 9.59 Å². The van der Waals surface area contributed by atoms with Crippen molar-refractivity contribution in [2.75, 3.05) is 19.6 Å². The van der Waals surface area contributed by atoms with Gasteiger partial charge in [-0.2, -0.15) is 0 Å². The smallest absolute Gasteiger partial charge is 0.224 e. The van der Waals surface area contributed by atoms with Gasteiger partial charge in [0.15, 0.2) is 0 Å². The standard InChI is InChI=1S/C17H24N2O2/c1-3-10-18(14(2)20)12-9-17(21)19-11-8-15-6-4-5-7-16(15)13-19/h4-7H,3,8-13H2,1-2H3. The van der Waals surface area contributed by atoms with Crippen LogP contribution in [0, 0.1) is 0 Å². The third-order valence-corrected chi connectivity index (χ3v) is 4.02. The summed E-state index contributed by atoms with van der Waals surface area (Å²) in [5.41, 5.74) is 2.59. The number of benzene rings is 1. The summed E-state index contributed by atoms with van der Waals surface area (Å²) in [6, 6.07) is 8.29. The SMILES string of the molecule is CCCN(CCC(=O)N1CCc2ccccc2C1)C(C)=O. The largest absolute Gasteiger partial charge is 0.342 e.